The SMILES string of the molecule is Cc1c[nH]c(=O)n1-c1ccc(C(=O)OC(C(=O)N2CCCCC2)c2ccccc2)cc1. The minimum absolute atomic E-state index is 0.189. The van der Waals surface area contributed by atoms with Gasteiger partial charge in [0.25, 0.3) is 5.91 Å². The molecule has 7 heteroatoms. The predicted octanol–water partition coefficient (Wildman–Crippen LogP) is 3.38. The van der Waals surface area contributed by atoms with Crippen LogP contribution >= 0.6 is 0 Å². The molecule has 1 fully saturated rings. The number of carbonyl (C=O) groups excluding carboxylic acids is 2. The smallest absolute Gasteiger partial charge is 0.339 e. The Bertz CT molecular complexity index is 1110. The highest BCUT2D eigenvalue weighted by Crippen LogP contribution is 2.24. The van der Waals surface area contributed by atoms with Crippen LogP contribution in [0.1, 0.15) is 47.0 Å². The monoisotopic (exact) mass is 419 g/mol. The molecule has 1 aliphatic rings. The molecule has 0 bridgehead atoms. The Hall–Kier alpha value is -3.61. The van der Waals surface area contributed by atoms with Gasteiger partial charge in [-0.3, -0.25) is 9.36 Å². The molecule has 7 nitrogen and oxygen atoms in total. The van der Waals surface area contributed by atoms with Crippen molar-refractivity contribution in [3.63, 3.8) is 0 Å². The number of rotatable bonds is 5. The molecular formula is C24H25N3O4. The van der Waals surface area contributed by atoms with Gasteiger partial charge in [-0.25, -0.2) is 9.59 Å². The van der Waals surface area contributed by atoms with Crippen molar-refractivity contribution in [2.24, 2.45) is 0 Å². The van der Waals surface area contributed by atoms with E-state index in [1.54, 1.807) is 47.5 Å². The summed E-state index contributed by atoms with van der Waals surface area (Å²) in [5, 5.41) is 0. The summed E-state index contributed by atoms with van der Waals surface area (Å²) in [6.07, 6.45) is 3.67. The largest absolute Gasteiger partial charge is 0.444 e. The van der Waals surface area contributed by atoms with Gasteiger partial charge < -0.3 is 14.6 Å². The number of aromatic amines is 1. The van der Waals surface area contributed by atoms with Crippen molar-refractivity contribution in [3.8, 4) is 5.69 Å². The lowest BCUT2D eigenvalue weighted by atomic mass is 10.1. The van der Waals surface area contributed by atoms with Gasteiger partial charge in [-0.05, 0) is 50.5 Å². The number of benzene rings is 2. The van der Waals surface area contributed by atoms with E-state index in [1.807, 2.05) is 25.1 Å². The van der Waals surface area contributed by atoms with Gasteiger partial charge in [0, 0.05) is 30.5 Å². The Balaban J connectivity index is 1.56. The van der Waals surface area contributed by atoms with E-state index in [-0.39, 0.29) is 11.6 Å². The van der Waals surface area contributed by atoms with Crippen molar-refractivity contribution < 1.29 is 14.3 Å². The van der Waals surface area contributed by atoms with Crippen LogP contribution < -0.4 is 5.69 Å². The van der Waals surface area contributed by atoms with Crippen molar-refractivity contribution in [2.45, 2.75) is 32.3 Å². The Morgan fingerprint density at radius 3 is 2.26 bits per heavy atom. The number of imidazole rings is 1. The van der Waals surface area contributed by atoms with Crippen molar-refractivity contribution in [1.29, 1.82) is 0 Å². The third-order valence-electron chi connectivity index (χ3n) is 5.54. The molecular weight excluding hydrogens is 394 g/mol. The maximum absolute atomic E-state index is 13.2. The number of aryl methyl sites for hydroxylation is 1. The van der Waals surface area contributed by atoms with E-state index in [2.05, 4.69) is 4.98 Å². The quantitative estimate of drug-likeness (QED) is 0.643. The van der Waals surface area contributed by atoms with Crippen LogP contribution in [0.5, 0.6) is 0 Å². The molecule has 1 aromatic heterocycles. The highest BCUT2D eigenvalue weighted by molar-refractivity contribution is 5.93. The molecule has 1 amide bonds. The summed E-state index contributed by atoms with van der Waals surface area (Å²) in [5.74, 6) is -0.769. The first-order chi connectivity index (χ1) is 15.0. The van der Waals surface area contributed by atoms with E-state index in [4.69, 9.17) is 4.74 Å². The number of nitrogens with zero attached hydrogens (tertiary/aromatic N) is 2. The number of aromatic nitrogens is 2. The average molecular weight is 419 g/mol. The molecule has 0 saturated carbocycles. The van der Waals surface area contributed by atoms with Gasteiger partial charge in [-0.15, -0.1) is 0 Å². The van der Waals surface area contributed by atoms with Crippen molar-refractivity contribution in [2.75, 3.05) is 13.1 Å². The number of piperidine rings is 1. The standard InChI is InChI=1S/C24H25N3O4/c1-17-16-25-24(30)27(17)20-12-10-19(11-13-20)23(29)31-21(18-8-4-2-5-9-18)22(28)26-14-6-3-7-15-26/h2,4-5,8-13,16,21H,3,6-7,14-15H2,1H3,(H,25,30). The van der Waals surface area contributed by atoms with Crippen LogP contribution in [0.3, 0.4) is 0 Å². The van der Waals surface area contributed by atoms with Crippen molar-refractivity contribution in [1.82, 2.24) is 14.5 Å². The summed E-state index contributed by atoms with van der Waals surface area (Å²) in [6, 6.07) is 15.7. The lowest BCUT2D eigenvalue weighted by Crippen LogP contribution is -2.40. The van der Waals surface area contributed by atoms with Crippen molar-refractivity contribution >= 4 is 11.9 Å². The summed E-state index contributed by atoms with van der Waals surface area (Å²) < 4.78 is 7.23. The van der Waals surface area contributed by atoms with Gasteiger partial charge >= 0.3 is 11.7 Å². The van der Waals surface area contributed by atoms with E-state index in [0.717, 1.165) is 25.0 Å². The van der Waals surface area contributed by atoms with Gasteiger partial charge in [-0.2, -0.15) is 0 Å². The number of esters is 1. The first-order valence-corrected chi connectivity index (χ1v) is 10.5. The van der Waals surface area contributed by atoms with Gasteiger partial charge in [0.1, 0.15) is 0 Å². The molecule has 1 N–H and O–H groups in total. The zero-order valence-corrected chi connectivity index (χ0v) is 17.4. The fourth-order valence-electron chi connectivity index (χ4n) is 3.87. The molecule has 1 aliphatic heterocycles. The van der Waals surface area contributed by atoms with Gasteiger partial charge in [-0.1, -0.05) is 30.3 Å². The first kappa shape index (κ1) is 20.7. The van der Waals surface area contributed by atoms with E-state index in [9.17, 15) is 14.4 Å². The second kappa shape index (κ2) is 9.04. The summed E-state index contributed by atoms with van der Waals surface area (Å²) in [5.41, 5.74) is 2.12. The number of H-pyrrole nitrogens is 1. The summed E-state index contributed by atoms with van der Waals surface area (Å²) >= 11 is 0. The summed E-state index contributed by atoms with van der Waals surface area (Å²) in [4.78, 5) is 42.4. The zero-order chi connectivity index (χ0) is 21.8. The van der Waals surface area contributed by atoms with Crippen LogP contribution in [0.4, 0.5) is 0 Å². The number of likely N-dealkylation sites (tertiary alicyclic amines) is 1. The molecule has 3 aromatic rings. The molecule has 0 spiro atoms. The topological polar surface area (TPSA) is 84.4 Å². The number of amides is 1. The first-order valence-electron chi connectivity index (χ1n) is 10.5. The maximum Gasteiger partial charge on any atom is 0.339 e. The van der Waals surface area contributed by atoms with Crippen LogP contribution in [-0.4, -0.2) is 39.4 Å². The van der Waals surface area contributed by atoms with Crippen LogP contribution in [0, 0.1) is 6.92 Å². The van der Waals surface area contributed by atoms with E-state index < -0.39 is 12.1 Å². The highest BCUT2D eigenvalue weighted by atomic mass is 16.5. The molecule has 1 unspecified atom stereocenters. The zero-order valence-electron chi connectivity index (χ0n) is 17.4. The Morgan fingerprint density at radius 1 is 0.968 bits per heavy atom. The Morgan fingerprint density at radius 2 is 1.65 bits per heavy atom. The fourth-order valence-corrected chi connectivity index (χ4v) is 3.87. The molecule has 160 valence electrons. The molecule has 2 heterocycles. The van der Waals surface area contributed by atoms with Crippen LogP contribution in [0.25, 0.3) is 5.69 Å². The minimum Gasteiger partial charge on any atom is -0.444 e. The number of nitrogens with one attached hydrogen (secondary N) is 1. The number of carbonyl (C=O) groups is 2. The average Bonchev–Trinajstić information content (AvgIpc) is 3.16. The molecule has 1 atom stereocenters. The Kier molecular flexibility index (Phi) is 6.02. The normalized spacial score (nSPS) is 14.8. The molecule has 31 heavy (non-hydrogen) atoms. The lowest BCUT2D eigenvalue weighted by Gasteiger charge is -2.30. The molecule has 1 saturated heterocycles. The molecule has 0 aliphatic carbocycles. The van der Waals surface area contributed by atoms with Crippen LogP contribution in [0.2, 0.25) is 0 Å². The molecule has 2 aromatic carbocycles. The van der Waals surface area contributed by atoms with Gasteiger partial charge in [0.15, 0.2) is 0 Å². The highest BCUT2D eigenvalue weighted by Gasteiger charge is 2.30. The maximum atomic E-state index is 13.2. The lowest BCUT2D eigenvalue weighted by molar-refractivity contribution is -0.142. The summed E-state index contributed by atoms with van der Waals surface area (Å²) in [6.45, 7) is 3.18. The number of ether oxygens (including phenoxy) is 1. The second-order valence-electron chi connectivity index (χ2n) is 7.70. The predicted molar refractivity (Wildman–Crippen MR) is 116 cm³/mol. The summed E-state index contributed by atoms with van der Waals surface area (Å²) in [7, 11) is 0. The number of hydrogen-bond donors (Lipinski definition) is 1. The second-order valence-corrected chi connectivity index (χ2v) is 7.70. The minimum atomic E-state index is -0.985. The molecule has 4 rings (SSSR count). The van der Waals surface area contributed by atoms with E-state index >= 15 is 0 Å². The van der Waals surface area contributed by atoms with Crippen molar-refractivity contribution in [3.05, 3.63) is 88.1 Å². The van der Waals surface area contributed by atoms with Gasteiger partial charge in [0.2, 0.25) is 6.10 Å². The third kappa shape index (κ3) is 4.45. The van der Waals surface area contributed by atoms with Gasteiger partial charge in [0.05, 0.1) is 11.3 Å². The molecule has 0 radical (unpaired) electrons. The fraction of sp³-hybridized carbons (Fsp3) is 0.292. The third-order valence-corrected chi connectivity index (χ3v) is 5.54. The van der Waals surface area contributed by atoms with E-state index in [1.165, 1.54) is 4.57 Å². The number of hydrogen-bond acceptors (Lipinski definition) is 4. The Labute approximate surface area is 180 Å². The van der Waals surface area contributed by atoms with Crippen LogP contribution in [0.15, 0.2) is 65.6 Å². The van der Waals surface area contributed by atoms with E-state index in [0.29, 0.717) is 29.9 Å². The van der Waals surface area contributed by atoms with Crippen LogP contribution in [-0.2, 0) is 9.53 Å².